The van der Waals surface area contributed by atoms with E-state index in [1.165, 1.54) is 40.2 Å². The van der Waals surface area contributed by atoms with Crippen LogP contribution in [-0.4, -0.2) is 61.4 Å². The number of hydrogen-bond acceptors (Lipinski definition) is 9. The number of aliphatic carboxylic acids is 1. The van der Waals surface area contributed by atoms with Crippen molar-refractivity contribution in [3.8, 4) is 0 Å². The highest BCUT2D eigenvalue weighted by Crippen LogP contribution is 2.41. The Labute approximate surface area is 247 Å². The van der Waals surface area contributed by atoms with E-state index in [1.54, 1.807) is 30.3 Å². The van der Waals surface area contributed by atoms with E-state index in [0.29, 0.717) is 55.4 Å². The molecule has 2 aliphatic rings. The van der Waals surface area contributed by atoms with Gasteiger partial charge in [-0.1, -0.05) is 40.3 Å². The summed E-state index contributed by atoms with van der Waals surface area (Å²) in [5, 5.41) is 13.7. The summed E-state index contributed by atoms with van der Waals surface area (Å²) in [7, 11) is 0. The van der Waals surface area contributed by atoms with Gasteiger partial charge < -0.3 is 21.9 Å². The van der Waals surface area contributed by atoms with Crippen LogP contribution in [0.2, 0.25) is 10.0 Å². The number of aromatic nitrogens is 2. The number of fused-ring (bicyclic) bond motifs is 1. The Morgan fingerprint density at radius 2 is 2.08 bits per heavy atom. The second-order valence-corrected chi connectivity index (χ2v) is 12.3. The van der Waals surface area contributed by atoms with Crippen molar-refractivity contribution in [2.45, 2.75) is 34.9 Å². The molecule has 2 aliphatic heterocycles. The molecule has 15 heteroatoms. The fraction of sp³-hybridized carbons (Fsp3) is 0.292. The van der Waals surface area contributed by atoms with E-state index in [4.69, 9.17) is 34.7 Å². The number of carbonyl (C=O) groups excluding carboxylic acids is 2. The Kier molecular flexibility index (Phi) is 9.60. The Bertz CT molecular complexity index is 1390. The molecule has 1 saturated heterocycles. The molecule has 2 atom stereocenters. The minimum atomic E-state index is -1.20. The van der Waals surface area contributed by atoms with Crippen LogP contribution >= 0.6 is 58.5 Å². The summed E-state index contributed by atoms with van der Waals surface area (Å²) >= 11 is 16.1. The Hall–Kier alpha value is -2.58. The number of rotatable bonds is 10. The first-order chi connectivity index (χ1) is 18.6. The van der Waals surface area contributed by atoms with Gasteiger partial charge in [-0.2, -0.15) is 0 Å². The van der Waals surface area contributed by atoms with E-state index in [9.17, 15) is 19.5 Å². The first-order valence-electron chi connectivity index (χ1n) is 11.6. The van der Waals surface area contributed by atoms with Crippen LogP contribution in [0, 0.1) is 0 Å². The molecule has 1 fully saturated rings. The van der Waals surface area contributed by atoms with E-state index in [1.807, 2.05) is 17.6 Å². The second kappa shape index (κ2) is 12.7. The van der Waals surface area contributed by atoms with Crippen molar-refractivity contribution >= 4 is 87.9 Å². The highest BCUT2D eigenvalue weighted by Gasteiger charge is 2.53. The van der Waals surface area contributed by atoms with Crippen LogP contribution in [-0.2, 0) is 20.9 Å². The largest absolute Gasteiger partial charge is 0.477 e. The number of nitrogens with zero attached hydrogens (tertiary/aromatic N) is 3. The van der Waals surface area contributed by atoms with Gasteiger partial charge in [0.25, 0.3) is 5.91 Å². The maximum atomic E-state index is 12.9. The molecule has 0 bridgehead atoms. The lowest BCUT2D eigenvalue weighted by atomic mass is 10.0. The number of carboxylic acids is 1. The quantitative estimate of drug-likeness (QED) is 0.134. The van der Waals surface area contributed by atoms with Crippen molar-refractivity contribution < 1.29 is 24.1 Å². The third kappa shape index (κ3) is 6.60. The molecule has 2 amide bonds. The van der Waals surface area contributed by atoms with Crippen molar-refractivity contribution in [2.75, 3.05) is 28.7 Å². The van der Waals surface area contributed by atoms with Crippen LogP contribution in [0.1, 0.15) is 6.92 Å². The van der Waals surface area contributed by atoms with Crippen LogP contribution in [0.4, 0.5) is 11.6 Å². The van der Waals surface area contributed by atoms with E-state index in [-0.39, 0.29) is 17.4 Å². The lowest BCUT2D eigenvalue weighted by Gasteiger charge is -2.49. The predicted molar refractivity (Wildman–Crippen MR) is 156 cm³/mol. The standard InChI is InChI=1S/C24H24Cl2N6O4S3/c1-2-31-17(28)9-16(27)29-24(31)37-7-3-4-12-10-39-22-19(21(34)32(22)20(12)23(35)36)30-18(33)11-38-15-8-13(25)5-6-14(15)26/h3-6,8-9,19,22H,2,7,10-11H2,1H3,(H5,27,28,30,33,35,36)/p+1/t19-,22-/m1/s1. The fourth-order valence-electron chi connectivity index (χ4n) is 4.00. The van der Waals surface area contributed by atoms with E-state index >= 15 is 0 Å². The van der Waals surface area contributed by atoms with E-state index in [0.717, 1.165) is 0 Å². The molecule has 6 N–H and O–H groups in total. The van der Waals surface area contributed by atoms with Crippen molar-refractivity contribution in [3.05, 3.63) is 57.7 Å². The maximum Gasteiger partial charge on any atom is 0.352 e. The molecule has 4 rings (SSSR count). The summed E-state index contributed by atoms with van der Waals surface area (Å²) in [6, 6.07) is 5.75. The van der Waals surface area contributed by atoms with Crippen molar-refractivity contribution in [2.24, 2.45) is 0 Å². The van der Waals surface area contributed by atoms with Crippen LogP contribution in [0.5, 0.6) is 0 Å². The molecule has 206 valence electrons. The Morgan fingerprint density at radius 1 is 1.31 bits per heavy atom. The molecular weight excluding hydrogens is 603 g/mol. The summed E-state index contributed by atoms with van der Waals surface area (Å²) < 4.78 is 1.83. The number of nitrogen functional groups attached to an aromatic ring is 2. The summed E-state index contributed by atoms with van der Waals surface area (Å²) in [5.41, 5.74) is 12.3. The minimum absolute atomic E-state index is 0.0279. The highest BCUT2D eigenvalue weighted by atomic mass is 35.5. The number of hydrogen-bond donors (Lipinski definition) is 4. The second-order valence-electron chi connectivity index (χ2n) is 8.34. The van der Waals surface area contributed by atoms with Crippen molar-refractivity contribution in [1.29, 1.82) is 0 Å². The van der Waals surface area contributed by atoms with E-state index in [2.05, 4.69) is 10.3 Å². The number of nitrogens with one attached hydrogen (secondary N) is 1. The van der Waals surface area contributed by atoms with Gasteiger partial charge in [-0.25, -0.2) is 9.36 Å². The topological polar surface area (TPSA) is 156 Å². The molecule has 10 nitrogen and oxygen atoms in total. The monoisotopic (exact) mass is 627 g/mol. The van der Waals surface area contributed by atoms with Gasteiger partial charge in [0.2, 0.25) is 17.5 Å². The van der Waals surface area contributed by atoms with Gasteiger partial charge in [0.1, 0.15) is 17.1 Å². The Morgan fingerprint density at radius 3 is 2.79 bits per heavy atom. The molecule has 2 aromatic rings. The molecule has 0 saturated carbocycles. The fourth-order valence-corrected chi connectivity index (χ4v) is 7.53. The molecule has 0 aliphatic carbocycles. The number of nitrogens with two attached hydrogens (primary N) is 2. The lowest BCUT2D eigenvalue weighted by molar-refractivity contribution is -0.719. The summed E-state index contributed by atoms with van der Waals surface area (Å²) in [4.78, 5) is 43.8. The number of thioether (sulfide) groups is 3. The van der Waals surface area contributed by atoms with Crippen LogP contribution in [0.25, 0.3) is 0 Å². The number of allylic oxidation sites excluding steroid dienone is 1. The SMILES string of the molecule is CC[n+]1c(N)cc(N)nc1SCC=CC1=C(C(=O)O)N2C(=O)[C@@H](NC(=O)CSc3cc(Cl)ccc3Cl)[C@H]2SC1. The van der Waals surface area contributed by atoms with Gasteiger partial charge in [-0.3, -0.25) is 14.5 Å². The number of halogens is 2. The molecule has 0 unspecified atom stereocenters. The first-order valence-corrected chi connectivity index (χ1v) is 15.4. The summed E-state index contributed by atoms with van der Waals surface area (Å²) in [5.74, 6) is -0.321. The van der Waals surface area contributed by atoms with Gasteiger partial charge >= 0.3 is 11.1 Å². The van der Waals surface area contributed by atoms with Crippen molar-refractivity contribution in [1.82, 2.24) is 15.2 Å². The van der Waals surface area contributed by atoms with Crippen LogP contribution < -0.4 is 21.4 Å². The number of carboxylic acid groups (broad SMARTS) is 1. The predicted octanol–water partition coefficient (Wildman–Crippen LogP) is 3.04. The van der Waals surface area contributed by atoms with Gasteiger partial charge in [0.15, 0.2) is 0 Å². The Balaban J connectivity index is 1.38. The molecule has 0 radical (unpaired) electrons. The molecule has 1 aromatic heterocycles. The first kappa shape index (κ1) is 29.4. The van der Waals surface area contributed by atoms with Crippen LogP contribution in [0.15, 0.2) is 57.7 Å². The summed E-state index contributed by atoms with van der Waals surface area (Å²) in [6.45, 7) is 2.57. The normalized spacial score (nSPS) is 18.7. The number of amides is 2. The number of benzene rings is 1. The smallest absolute Gasteiger partial charge is 0.352 e. The third-order valence-corrected chi connectivity index (χ3v) is 9.74. The maximum absolute atomic E-state index is 12.9. The van der Waals surface area contributed by atoms with Crippen molar-refractivity contribution in [3.63, 3.8) is 0 Å². The molecule has 1 aromatic carbocycles. The molecule has 0 spiro atoms. The average Bonchev–Trinajstić information content (AvgIpc) is 2.89. The molecular formula is C24H25Cl2N6O4S3+. The third-order valence-electron chi connectivity index (χ3n) is 5.78. The zero-order chi connectivity index (χ0) is 28.3. The van der Waals surface area contributed by atoms with E-state index < -0.39 is 23.3 Å². The molecule has 3 heterocycles. The highest BCUT2D eigenvalue weighted by molar-refractivity contribution is 8.00. The van der Waals surface area contributed by atoms with Gasteiger partial charge in [-0.05, 0) is 42.5 Å². The number of β-lactam (4-membered cyclic amide) rings is 1. The van der Waals surface area contributed by atoms with Crippen LogP contribution in [0.3, 0.4) is 0 Å². The zero-order valence-electron chi connectivity index (χ0n) is 20.6. The summed E-state index contributed by atoms with van der Waals surface area (Å²) in [6.07, 6.45) is 3.52. The number of carbonyl (C=O) groups is 3. The van der Waals surface area contributed by atoms with Gasteiger partial charge in [0, 0.05) is 21.4 Å². The zero-order valence-corrected chi connectivity index (χ0v) is 24.6. The minimum Gasteiger partial charge on any atom is -0.477 e. The van der Waals surface area contributed by atoms with Gasteiger partial charge in [-0.15, -0.1) is 23.5 Å². The molecule has 39 heavy (non-hydrogen) atoms. The lowest BCUT2D eigenvalue weighted by Crippen LogP contribution is -2.70. The van der Waals surface area contributed by atoms with Gasteiger partial charge in [0.05, 0.1) is 23.4 Å². The number of anilines is 2. The average molecular weight is 629 g/mol.